The van der Waals surface area contributed by atoms with E-state index in [1.54, 1.807) is 18.2 Å². The second kappa shape index (κ2) is 12.0. The van der Waals surface area contributed by atoms with E-state index >= 15 is 0 Å². The number of carbonyl (C=O) groups excluding carboxylic acids is 3. The van der Waals surface area contributed by atoms with Gasteiger partial charge in [0.05, 0.1) is 23.8 Å². The summed E-state index contributed by atoms with van der Waals surface area (Å²) in [6.45, 7) is 6.62. The Labute approximate surface area is 222 Å². The number of carboxylic acids is 1. The third-order valence-corrected chi connectivity index (χ3v) is 6.87. The predicted molar refractivity (Wildman–Crippen MR) is 144 cm³/mol. The number of carbonyl (C=O) groups is 4. The van der Waals surface area contributed by atoms with Gasteiger partial charge in [0.1, 0.15) is 0 Å². The number of urea groups is 1. The Kier molecular flexibility index (Phi) is 8.50. The number of hydrogen-bond donors (Lipinski definition) is 4. The third-order valence-electron chi connectivity index (χ3n) is 6.87. The molecule has 1 aliphatic carbocycles. The second-order valence-electron chi connectivity index (χ2n) is 9.84. The molecule has 0 aromatic heterocycles. The van der Waals surface area contributed by atoms with Crippen LogP contribution in [0.1, 0.15) is 53.7 Å². The van der Waals surface area contributed by atoms with E-state index < -0.39 is 23.9 Å². The van der Waals surface area contributed by atoms with Gasteiger partial charge in [0.15, 0.2) is 0 Å². The van der Waals surface area contributed by atoms with E-state index in [2.05, 4.69) is 20.9 Å². The van der Waals surface area contributed by atoms with Crippen LogP contribution in [0.5, 0.6) is 0 Å². The number of carboxylic acid groups (broad SMARTS) is 1. The molecule has 1 atom stereocenters. The fourth-order valence-corrected chi connectivity index (χ4v) is 4.60. The molecule has 10 nitrogen and oxygen atoms in total. The lowest BCUT2D eigenvalue weighted by Crippen LogP contribution is -2.49. The van der Waals surface area contributed by atoms with Gasteiger partial charge in [0.2, 0.25) is 5.91 Å². The van der Waals surface area contributed by atoms with Gasteiger partial charge in [-0.25, -0.2) is 4.79 Å². The molecule has 2 aliphatic rings. The maximum Gasteiger partial charge on any atom is 0.319 e. The Hall–Kier alpha value is -4.08. The van der Waals surface area contributed by atoms with Gasteiger partial charge in [-0.15, -0.1) is 0 Å². The number of amides is 4. The summed E-state index contributed by atoms with van der Waals surface area (Å²) in [5.74, 6) is -1.06. The van der Waals surface area contributed by atoms with E-state index in [-0.39, 0.29) is 18.2 Å². The molecule has 202 valence electrons. The van der Waals surface area contributed by atoms with Gasteiger partial charge < -0.3 is 30.9 Å². The molecule has 1 saturated carbocycles. The van der Waals surface area contributed by atoms with Gasteiger partial charge in [-0.1, -0.05) is 29.8 Å². The molecule has 1 unspecified atom stereocenters. The van der Waals surface area contributed by atoms with E-state index in [9.17, 15) is 24.3 Å². The summed E-state index contributed by atoms with van der Waals surface area (Å²) >= 11 is 0. The van der Waals surface area contributed by atoms with Crippen LogP contribution < -0.4 is 20.9 Å². The van der Waals surface area contributed by atoms with Gasteiger partial charge in [-0.3, -0.25) is 14.4 Å². The first-order chi connectivity index (χ1) is 18.2. The molecule has 0 bridgehead atoms. The molecule has 1 aliphatic heterocycles. The van der Waals surface area contributed by atoms with Crippen molar-refractivity contribution in [3.8, 4) is 0 Å². The molecule has 1 heterocycles. The largest absolute Gasteiger partial charge is 0.481 e. The van der Waals surface area contributed by atoms with Crippen molar-refractivity contribution in [3.05, 3.63) is 59.2 Å². The minimum absolute atomic E-state index is 0.180. The van der Waals surface area contributed by atoms with Crippen LogP contribution in [0, 0.1) is 12.8 Å². The number of piperazine rings is 1. The first-order valence-electron chi connectivity index (χ1n) is 13.1. The van der Waals surface area contributed by atoms with Crippen LogP contribution in [0.4, 0.5) is 16.2 Å². The molecule has 4 rings (SSSR count). The Morgan fingerprint density at radius 2 is 1.68 bits per heavy atom. The lowest BCUT2D eigenvalue weighted by molar-refractivity contribution is -0.137. The average Bonchev–Trinajstić information content (AvgIpc) is 3.74. The summed E-state index contributed by atoms with van der Waals surface area (Å²) in [5, 5.41) is 17.8. The van der Waals surface area contributed by atoms with Crippen LogP contribution >= 0.6 is 0 Å². The molecule has 10 heteroatoms. The number of anilines is 2. The Bertz CT molecular complexity index is 1190. The van der Waals surface area contributed by atoms with Crippen molar-refractivity contribution in [2.75, 3.05) is 42.9 Å². The van der Waals surface area contributed by atoms with E-state index in [0.29, 0.717) is 49.5 Å². The number of aliphatic carboxylic acids is 1. The molecule has 2 aromatic rings. The zero-order valence-corrected chi connectivity index (χ0v) is 21.8. The Morgan fingerprint density at radius 3 is 2.29 bits per heavy atom. The molecular formula is C28H35N5O5. The summed E-state index contributed by atoms with van der Waals surface area (Å²) in [6, 6.07) is 11.3. The zero-order chi connectivity index (χ0) is 27.2. The van der Waals surface area contributed by atoms with Crippen LogP contribution in [-0.2, 0) is 9.59 Å². The van der Waals surface area contributed by atoms with Gasteiger partial charge >= 0.3 is 12.0 Å². The van der Waals surface area contributed by atoms with Crippen molar-refractivity contribution >= 4 is 35.2 Å². The van der Waals surface area contributed by atoms with Crippen molar-refractivity contribution in [3.63, 3.8) is 0 Å². The number of nitrogens with one attached hydrogen (secondary N) is 3. The lowest BCUT2D eigenvalue weighted by Gasteiger charge is -2.37. The van der Waals surface area contributed by atoms with Crippen molar-refractivity contribution in [2.24, 2.45) is 5.92 Å². The molecule has 4 amide bonds. The lowest BCUT2D eigenvalue weighted by atomic mass is 10.0. The van der Waals surface area contributed by atoms with E-state index in [1.807, 2.05) is 43.0 Å². The highest BCUT2D eigenvalue weighted by Crippen LogP contribution is 2.33. The quantitative estimate of drug-likeness (QED) is 0.401. The average molecular weight is 522 g/mol. The van der Waals surface area contributed by atoms with Crippen molar-refractivity contribution in [1.82, 2.24) is 15.5 Å². The van der Waals surface area contributed by atoms with E-state index in [1.165, 1.54) is 0 Å². The number of nitrogens with zero attached hydrogens (tertiary/aromatic N) is 2. The van der Waals surface area contributed by atoms with Crippen molar-refractivity contribution in [2.45, 2.75) is 39.2 Å². The predicted octanol–water partition coefficient (Wildman–Crippen LogP) is 3.14. The molecular weight excluding hydrogens is 486 g/mol. The molecule has 0 radical (unpaired) electrons. The van der Waals surface area contributed by atoms with Gasteiger partial charge in [-0.05, 0) is 50.5 Å². The molecule has 0 spiro atoms. The van der Waals surface area contributed by atoms with E-state index in [0.717, 1.165) is 24.1 Å². The summed E-state index contributed by atoms with van der Waals surface area (Å²) in [7, 11) is 0. The molecule has 1 saturated heterocycles. The maximum atomic E-state index is 13.2. The SMILES string of the molecule is CCNC(=O)Nc1cc(C(=O)NC(CC(=O)O)c2ccc(C)cc2)ccc1N1CCN(C(=O)C2CC2)CC1. The highest BCUT2D eigenvalue weighted by atomic mass is 16.4. The van der Waals surface area contributed by atoms with Crippen molar-refractivity contribution in [1.29, 1.82) is 0 Å². The summed E-state index contributed by atoms with van der Waals surface area (Å²) in [6.07, 6.45) is 1.68. The third kappa shape index (κ3) is 6.81. The fourth-order valence-electron chi connectivity index (χ4n) is 4.60. The first kappa shape index (κ1) is 27.0. The molecule has 4 N–H and O–H groups in total. The van der Waals surface area contributed by atoms with Crippen molar-refractivity contribution < 1.29 is 24.3 Å². The number of aryl methyl sites for hydroxylation is 1. The second-order valence-corrected chi connectivity index (χ2v) is 9.84. The van der Waals surface area contributed by atoms with Crippen LogP contribution in [0.25, 0.3) is 0 Å². The minimum Gasteiger partial charge on any atom is -0.481 e. The summed E-state index contributed by atoms with van der Waals surface area (Å²) < 4.78 is 0. The topological polar surface area (TPSA) is 131 Å². The first-order valence-corrected chi connectivity index (χ1v) is 13.1. The normalized spacial score (nSPS) is 15.9. The number of hydrogen-bond acceptors (Lipinski definition) is 5. The maximum absolute atomic E-state index is 13.2. The minimum atomic E-state index is -1.02. The number of benzene rings is 2. The zero-order valence-electron chi connectivity index (χ0n) is 21.8. The molecule has 38 heavy (non-hydrogen) atoms. The van der Waals surface area contributed by atoms with Gasteiger partial charge in [0, 0.05) is 44.2 Å². The van der Waals surface area contributed by atoms with Gasteiger partial charge in [0.25, 0.3) is 5.91 Å². The van der Waals surface area contributed by atoms with Crippen LogP contribution in [0.3, 0.4) is 0 Å². The Morgan fingerprint density at radius 1 is 1.00 bits per heavy atom. The summed E-state index contributed by atoms with van der Waals surface area (Å²) in [4.78, 5) is 53.6. The van der Waals surface area contributed by atoms with E-state index in [4.69, 9.17) is 0 Å². The van der Waals surface area contributed by atoms with Gasteiger partial charge in [-0.2, -0.15) is 0 Å². The fraction of sp³-hybridized carbons (Fsp3) is 0.429. The van der Waals surface area contributed by atoms with Crippen LogP contribution in [0.15, 0.2) is 42.5 Å². The Balaban J connectivity index is 1.53. The smallest absolute Gasteiger partial charge is 0.319 e. The molecule has 2 aromatic carbocycles. The van der Waals surface area contributed by atoms with Crippen LogP contribution in [0.2, 0.25) is 0 Å². The standard InChI is InChI=1S/C28H35N5O5/c1-3-29-28(38)31-23-16-21(26(36)30-22(17-25(34)35)19-6-4-18(2)5-7-19)10-11-24(23)32-12-14-33(15-13-32)27(37)20-8-9-20/h4-7,10-11,16,20,22H,3,8-9,12-15,17H2,1-2H3,(H,30,36)(H,34,35)(H2,29,31,38). The molecule has 2 fully saturated rings. The highest BCUT2D eigenvalue weighted by molar-refractivity contribution is 6.00. The number of rotatable bonds is 9. The highest BCUT2D eigenvalue weighted by Gasteiger charge is 2.35. The monoisotopic (exact) mass is 521 g/mol. The summed E-state index contributed by atoms with van der Waals surface area (Å²) in [5.41, 5.74) is 3.25. The van der Waals surface area contributed by atoms with Crippen LogP contribution in [-0.4, -0.2) is 66.5 Å².